The quantitative estimate of drug-likeness (QED) is 0.355. The van der Waals surface area contributed by atoms with Gasteiger partial charge in [-0.2, -0.15) is 0 Å². The fraction of sp³-hybridized carbons (Fsp3) is 0.375. The smallest absolute Gasteiger partial charge is 0.326 e. The second-order valence-corrected chi connectivity index (χ2v) is 10.5. The van der Waals surface area contributed by atoms with Gasteiger partial charge in [0.1, 0.15) is 0 Å². The number of amides is 1. The SMILES string of the molecule is CCCCCCC.CS(=O)(=O)c1ccc(CNC(=O)n2ccc3cc(Cl)c(Cl)cc32)cc1. The van der Waals surface area contributed by atoms with E-state index in [9.17, 15) is 13.2 Å². The summed E-state index contributed by atoms with van der Waals surface area (Å²) in [6, 6.07) is 11.2. The van der Waals surface area contributed by atoms with E-state index < -0.39 is 9.84 Å². The van der Waals surface area contributed by atoms with Crippen molar-refractivity contribution in [3.8, 4) is 0 Å². The normalized spacial score (nSPS) is 11.2. The predicted molar refractivity (Wildman–Crippen MR) is 134 cm³/mol. The fourth-order valence-corrected chi connectivity index (χ4v) is 4.06. The van der Waals surface area contributed by atoms with Gasteiger partial charge in [0.25, 0.3) is 0 Å². The Hall–Kier alpha value is -2.02. The lowest BCUT2D eigenvalue weighted by molar-refractivity contribution is 0.243. The molecule has 0 saturated carbocycles. The molecule has 1 heterocycles. The van der Waals surface area contributed by atoms with Gasteiger partial charge in [-0.1, -0.05) is 81.3 Å². The number of nitrogens with zero attached hydrogens (tertiary/aromatic N) is 1. The monoisotopic (exact) mass is 496 g/mol. The van der Waals surface area contributed by atoms with Crippen molar-refractivity contribution in [1.82, 2.24) is 9.88 Å². The Balaban J connectivity index is 0.000000451. The van der Waals surface area contributed by atoms with Gasteiger partial charge in [0.15, 0.2) is 9.84 Å². The highest BCUT2D eigenvalue weighted by molar-refractivity contribution is 7.90. The third kappa shape index (κ3) is 7.54. The first-order chi connectivity index (χ1) is 15.2. The molecular weight excluding hydrogens is 467 g/mol. The summed E-state index contributed by atoms with van der Waals surface area (Å²) in [6.45, 7) is 4.76. The molecule has 1 N–H and O–H groups in total. The van der Waals surface area contributed by atoms with Crippen molar-refractivity contribution in [2.24, 2.45) is 0 Å². The van der Waals surface area contributed by atoms with Gasteiger partial charge in [-0.05, 0) is 35.9 Å². The minimum Gasteiger partial charge on any atom is -0.333 e. The molecule has 0 fully saturated rings. The van der Waals surface area contributed by atoms with Crippen molar-refractivity contribution in [3.63, 3.8) is 0 Å². The molecule has 5 nitrogen and oxygen atoms in total. The number of aromatic nitrogens is 1. The molecule has 3 aromatic rings. The largest absolute Gasteiger partial charge is 0.333 e. The lowest BCUT2D eigenvalue weighted by atomic mass is 10.2. The zero-order chi connectivity index (χ0) is 23.7. The van der Waals surface area contributed by atoms with E-state index in [-0.39, 0.29) is 17.5 Å². The minimum absolute atomic E-state index is 0.241. The van der Waals surface area contributed by atoms with Crippen LogP contribution < -0.4 is 5.32 Å². The molecule has 0 spiro atoms. The van der Waals surface area contributed by atoms with E-state index in [4.69, 9.17) is 23.2 Å². The molecule has 0 aliphatic heterocycles. The van der Waals surface area contributed by atoms with E-state index in [1.54, 1.807) is 36.5 Å². The van der Waals surface area contributed by atoms with Gasteiger partial charge >= 0.3 is 6.03 Å². The van der Waals surface area contributed by atoms with Crippen LogP contribution in [-0.2, 0) is 16.4 Å². The summed E-state index contributed by atoms with van der Waals surface area (Å²) in [5, 5.41) is 4.39. The summed E-state index contributed by atoms with van der Waals surface area (Å²) in [6.07, 6.45) is 9.80. The molecule has 174 valence electrons. The first-order valence-electron chi connectivity index (χ1n) is 10.7. The highest BCUT2D eigenvalue weighted by Crippen LogP contribution is 2.28. The van der Waals surface area contributed by atoms with Crippen LogP contribution in [0.25, 0.3) is 10.9 Å². The third-order valence-corrected chi connectivity index (χ3v) is 6.80. The maximum Gasteiger partial charge on any atom is 0.326 e. The number of carbonyl (C=O) groups is 1. The summed E-state index contributed by atoms with van der Waals surface area (Å²) < 4.78 is 24.3. The Kier molecular flexibility index (Phi) is 10.1. The number of rotatable bonds is 7. The number of hydrogen-bond donors (Lipinski definition) is 1. The highest BCUT2D eigenvalue weighted by atomic mass is 35.5. The first-order valence-corrected chi connectivity index (χ1v) is 13.3. The fourth-order valence-electron chi connectivity index (χ4n) is 3.10. The van der Waals surface area contributed by atoms with Crippen molar-refractivity contribution in [2.75, 3.05) is 6.26 Å². The number of fused-ring (bicyclic) bond motifs is 1. The molecule has 3 rings (SSSR count). The van der Waals surface area contributed by atoms with E-state index in [0.717, 1.165) is 17.2 Å². The maximum absolute atomic E-state index is 12.4. The van der Waals surface area contributed by atoms with Crippen LogP contribution in [-0.4, -0.2) is 25.3 Å². The molecule has 0 unspecified atom stereocenters. The summed E-state index contributed by atoms with van der Waals surface area (Å²) in [5.41, 5.74) is 1.44. The van der Waals surface area contributed by atoms with Crippen molar-refractivity contribution < 1.29 is 13.2 Å². The number of unbranched alkanes of at least 4 members (excludes halogenated alkanes) is 4. The molecule has 1 aromatic heterocycles. The number of carbonyl (C=O) groups excluding carboxylic acids is 1. The average molecular weight is 497 g/mol. The lowest BCUT2D eigenvalue weighted by Gasteiger charge is -2.08. The summed E-state index contributed by atoms with van der Waals surface area (Å²) in [4.78, 5) is 12.6. The maximum atomic E-state index is 12.4. The molecule has 8 heteroatoms. The molecule has 0 aliphatic rings. The topological polar surface area (TPSA) is 68.2 Å². The number of benzene rings is 2. The Morgan fingerprint density at radius 2 is 1.53 bits per heavy atom. The average Bonchev–Trinajstić information content (AvgIpc) is 3.15. The van der Waals surface area contributed by atoms with Gasteiger partial charge in [-0.15, -0.1) is 0 Å². The molecule has 0 bridgehead atoms. The van der Waals surface area contributed by atoms with Crippen LogP contribution in [0.2, 0.25) is 10.0 Å². The predicted octanol–water partition coefficient (Wildman–Crippen LogP) is 7.09. The van der Waals surface area contributed by atoms with Crippen LogP contribution in [0.1, 0.15) is 51.5 Å². The summed E-state index contributed by atoms with van der Waals surface area (Å²) >= 11 is 12.0. The van der Waals surface area contributed by atoms with Crippen LogP contribution in [0.4, 0.5) is 4.79 Å². The van der Waals surface area contributed by atoms with Crippen LogP contribution in [0.15, 0.2) is 53.6 Å². The molecule has 2 aromatic carbocycles. The van der Waals surface area contributed by atoms with Crippen molar-refractivity contribution in [1.29, 1.82) is 0 Å². The molecule has 0 atom stereocenters. The Labute approximate surface area is 200 Å². The second-order valence-electron chi connectivity index (χ2n) is 7.65. The molecule has 0 radical (unpaired) electrons. The number of sulfone groups is 1. The molecule has 0 saturated heterocycles. The van der Waals surface area contributed by atoms with Crippen LogP contribution >= 0.6 is 23.2 Å². The molecule has 0 aliphatic carbocycles. The summed E-state index contributed by atoms with van der Waals surface area (Å²) in [7, 11) is -3.23. The zero-order valence-electron chi connectivity index (χ0n) is 18.7. The van der Waals surface area contributed by atoms with Gasteiger partial charge in [0, 0.05) is 24.4 Å². The first kappa shape index (κ1) is 26.2. The number of nitrogens with one attached hydrogen (secondary N) is 1. The summed E-state index contributed by atoms with van der Waals surface area (Å²) in [5.74, 6) is 0. The standard InChI is InChI=1S/C17H14Cl2N2O3S.C7H16/c1-25(23,24)13-4-2-11(3-5-13)10-20-17(22)21-7-6-12-8-14(18)15(19)9-16(12)21;1-3-5-7-6-4-2/h2-9H,10H2,1H3,(H,20,22);3-7H2,1-2H3. The van der Waals surface area contributed by atoms with Crippen molar-refractivity contribution in [3.05, 3.63) is 64.3 Å². The zero-order valence-corrected chi connectivity index (χ0v) is 21.0. The van der Waals surface area contributed by atoms with Crippen LogP contribution in [0.5, 0.6) is 0 Å². The highest BCUT2D eigenvalue weighted by Gasteiger charge is 2.11. The molecule has 1 amide bonds. The van der Waals surface area contributed by atoms with E-state index in [1.807, 2.05) is 0 Å². The third-order valence-electron chi connectivity index (χ3n) is 4.95. The van der Waals surface area contributed by atoms with E-state index in [2.05, 4.69) is 19.2 Å². The van der Waals surface area contributed by atoms with Crippen molar-refractivity contribution in [2.45, 2.75) is 57.4 Å². The van der Waals surface area contributed by atoms with Gasteiger partial charge in [-0.25, -0.2) is 13.2 Å². The van der Waals surface area contributed by atoms with Gasteiger partial charge in [0.2, 0.25) is 0 Å². The van der Waals surface area contributed by atoms with Gasteiger partial charge in [0.05, 0.1) is 20.5 Å². The number of halogens is 2. The Morgan fingerprint density at radius 1 is 0.938 bits per heavy atom. The van der Waals surface area contributed by atoms with E-state index in [1.165, 1.54) is 48.8 Å². The molecule has 32 heavy (non-hydrogen) atoms. The molecular formula is C24H30Cl2N2O3S. The van der Waals surface area contributed by atoms with Gasteiger partial charge in [-0.3, -0.25) is 4.57 Å². The van der Waals surface area contributed by atoms with Crippen LogP contribution in [0.3, 0.4) is 0 Å². The van der Waals surface area contributed by atoms with Crippen molar-refractivity contribution >= 4 is 50.0 Å². The van der Waals surface area contributed by atoms with E-state index >= 15 is 0 Å². The van der Waals surface area contributed by atoms with Gasteiger partial charge < -0.3 is 5.32 Å². The van der Waals surface area contributed by atoms with Crippen LogP contribution in [0, 0.1) is 0 Å². The second kappa shape index (κ2) is 12.3. The Bertz CT molecular complexity index is 1140. The Morgan fingerprint density at radius 3 is 2.09 bits per heavy atom. The number of hydrogen-bond acceptors (Lipinski definition) is 3. The minimum atomic E-state index is -3.23. The van der Waals surface area contributed by atoms with E-state index in [0.29, 0.717) is 15.6 Å². The lowest BCUT2D eigenvalue weighted by Crippen LogP contribution is -2.27.